The Labute approximate surface area is 165 Å². The number of aliphatic hydroxyl groups excluding tert-OH is 1. The van der Waals surface area contributed by atoms with Gasteiger partial charge >= 0.3 is 0 Å². The van der Waals surface area contributed by atoms with Crippen LogP contribution in [0.15, 0.2) is 24.3 Å². The number of fused-ring (bicyclic) bond motifs is 4. The van der Waals surface area contributed by atoms with Crippen molar-refractivity contribution in [1.82, 2.24) is 9.80 Å². The smallest absolute Gasteiger partial charge is 0.250 e. The predicted molar refractivity (Wildman–Crippen MR) is 106 cm³/mol. The molecule has 3 atom stereocenters. The van der Waals surface area contributed by atoms with Crippen LogP contribution in [0.5, 0.6) is 0 Å². The maximum Gasteiger partial charge on any atom is 0.250 e. The first-order valence-electron chi connectivity index (χ1n) is 10.6. The summed E-state index contributed by atoms with van der Waals surface area (Å²) in [6, 6.07) is 8.12. The Balaban J connectivity index is 1.52. The molecule has 0 unspecified atom stereocenters. The lowest BCUT2D eigenvalue weighted by atomic mass is 9.69. The van der Waals surface area contributed by atoms with Gasteiger partial charge in [-0.2, -0.15) is 0 Å². The molecule has 1 aliphatic carbocycles. The molecule has 3 fully saturated rings. The minimum Gasteiger partial charge on any atom is -0.396 e. The van der Waals surface area contributed by atoms with Crippen molar-refractivity contribution in [3.8, 4) is 0 Å². The first-order valence-corrected chi connectivity index (χ1v) is 10.6. The maximum absolute atomic E-state index is 13.7. The Morgan fingerprint density at radius 2 is 2.11 bits per heavy atom. The Kier molecular flexibility index (Phi) is 4.07. The number of para-hydroxylation sites is 1. The summed E-state index contributed by atoms with van der Waals surface area (Å²) in [6.07, 6.45) is 5.90. The van der Waals surface area contributed by atoms with Gasteiger partial charge in [0, 0.05) is 36.3 Å². The van der Waals surface area contributed by atoms with E-state index in [1.165, 1.54) is 0 Å². The van der Waals surface area contributed by atoms with Crippen molar-refractivity contribution >= 4 is 17.5 Å². The number of hydrogen-bond donors (Lipinski definition) is 2. The van der Waals surface area contributed by atoms with Gasteiger partial charge in [-0.15, -0.1) is 0 Å². The molecule has 150 valence electrons. The second-order valence-corrected chi connectivity index (χ2v) is 9.25. The number of hydrogen-bond acceptors (Lipinski definition) is 4. The van der Waals surface area contributed by atoms with E-state index in [1.54, 1.807) is 4.90 Å². The van der Waals surface area contributed by atoms with E-state index in [-0.39, 0.29) is 35.8 Å². The molecule has 4 aliphatic rings. The molecule has 3 aliphatic heterocycles. The monoisotopic (exact) mass is 383 g/mol. The molecule has 0 bridgehead atoms. The van der Waals surface area contributed by atoms with Gasteiger partial charge in [-0.25, -0.2) is 0 Å². The van der Waals surface area contributed by atoms with Crippen LogP contribution in [0.2, 0.25) is 0 Å². The molecule has 2 N–H and O–H groups in total. The summed E-state index contributed by atoms with van der Waals surface area (Å²) in [6.45, 7) is 1.56. The lowest BCUT2D eigenvalue weighted by Crippen LogP contribution is -2.55. The van der Waals surface area contributed by atoms with E-state index in [0.29, 0.717) is 6.54 Å². The largest absolute Gasteiger partial charge is 0.396 e. The summed E-state index contributed by atoms with van der Waals surface area (Å²) in [5.41, 5.74) is 0.764. The van der Waals surface area contributed by atoms with Gasteiger partial charge in [-0.05, 0) is 44.7 Å². The number of carbonyl (C=O) groups excluding carboxylic acids is 2. The summed E-state index contributed by atoms with van der Waals surface area (Å²) >= 11 is 0. The van der Waals surface area contributed by atoms with Crippen molar-refractivity contribution in [2.45, 2.75) is 50.1 Å². The molecule has 0 radical (unpaired) electrons. The summed E-state index contributed by atoms with van der Waals surface area (Å²) in [7, 11) is 1.84. The number of nitrogens with one attached hydrogen (secondary N) is 1. The minimum atomic E-state index is -0.880. The maximum atomic E-state index is 13.7. The molecular formula is C22H29N3O3. The lowest BCUT2D eigenvalue weighted by Gasteiger charge is -2.44. The molecule has 28 heavy (non-hydrogen) atoms. The van der Waals surface area contributed by atoms with Crippen LogP contribution in [0.3, 0.4) is 0 Å². The number of rotatable bonds is 4. The highest BCUT2D eigenvalue weighted by Crippen LogP contribution is 2.55. The number of nitrogens with zero attached hydrogens (tertiary/aromatic N) is 2. The summed E-state index contributed by atoms with van der Waals surface area (Å²) < 4.78 is 0. The fraction of sp³-hybridized carbons (Fsp3) is 0.636. The Hall–Kier alpha value is -1.92. The number of aliphatic hydroxyl groups is 1. The molecule has 2 saturated heterocycles. The highest BCUT2D eigenvalue weighted by Gasteiger charge is 2.65. The van der Waals surface area contributed by atoms with Crippen LogP contribution < -0.4 is 5.32 Å². The third-order valence-corrected chi connectivity index (χ3v) is 7.77. The standard InChI is InChI=1S/C22H29N3O3/c1-24(13-21(14-26)9-5-10-21)19(27)17-12-15-6-4-11-25(15)22(17)16-7-2-3-8-18(16)23-20(22)28/h2-3,7-8,15,17,26H,4-6,9-14H2,1H3,(H,23,28)/t15-,17+,22+/m1/s1. The van der Waals surface area contributed by atoms with E-state index >= 15 is 0 Å². The van der Waals surface area contributed by atoms with Crippen molar-refractivity contribution < 1.29 is 14.7 Å². The van der Waals surface area contributed by atoms with Gasteiger partial charge in [-0.3, -0.25) is 14.5 Å². The molecule has 1 spiro atoms. The van der Waals surface area contributed by atoms with Crippen molar-refractivity contribution in [1.29, 1.82) is 0 Å². The Morgan fingerprint density at radius 1 is 1.32 bits per heavy atom. The van der Waals surface area contributed by atoms with E-state index in [4.69, 9.17) is 0 Å². The summed E-state index contributed by atoms with van der Waals surface area (Å²) in [5, 5.41) is 12.9. The highest BCUT2D eigenvalue weighted by atomic mass is 16.3. The van der Waals surface area contributed by atoms with E-state index < -0.39 is 5.54 Å². The average molecular weight is 383 g/mol. The first-order chi connectivity index (χ1) is 13.5. The second kappa shape index (κ2) is 6.29. The van der Waals surface area contributed by atoms with Gasteiger partial charge < -0.3 is 15.3 Å². The second-order valence-electron chi connectivity index (χ2n) is 9.25. The minimum absolute atomic E-state index is 0.0426. The molecule has 6 nitrogen and oxygen atoms in total. The van der Waals surface area contributed by atoms with Crippen molar-refractivity contribution in [3.63, 3.8) is 0 Å². The zero-order valence-corrected chi connectivity index (χ0v) is 16.5. The van der Waals surface area contributed by atoms with Crippen molar-refractivity contribution in [2.75, 3.05) is 32.1 Å². The van der Waals surface area contributed by atoms with Crippen LogP contribution in [-0.2, 0) is 15.1 Å². The molecule has 1 saturated carbocycles. The predicted octanol–water partition coefficient (Wildman–Crippen LogP) is 1.94. The van der Waals surface area contributed by atoms with Crippen molar-refractivity contribution in [2.24, 2.45) is 11.3 Å². The molecule has 1 aromatic carbocycles. The number of amides is 2. The van der Waals surface area contributed by atoms with Gasteiger partial charge in [0.15, 0.2) is 0 Å². The molecular weight excluding hydrogens is 354 g/mol. The Morgan fingerprint density at radius 3 is 2.82 bits per heavy atom. The highest BCUT2D eigenvalue weighted by molar-refractivity contribution is 6.09. The zero-order valence-electron chi connectivity index (χ0n) is 16.5. The van der Waals surface area contributed by atoms with Crippen LogP contribution in [0.4, 0.5) is 5.69 Å². The van der Waals surface area contributed by atoms with Crippen LogP contribution in [0.25, 0.3) is 0 Å². The van der Waals surface area contributed by atoms with Gasteiger partial charge in [0.1, 0.15) is 5.54 Å². The Bertz CT molecular complexity index is 815. The third kappa shape index (κ3) is 2.28. The van der Waals surface area contributed by atoms with E-state index in [2.05, 4.69) is 10.2 Å². The van der Waals surface area contributed by atoms with E-state index in [9.17, 15) is 14.7 Å². The molecule has 6 heteroatoms. The number of benzene rings is 1. The molecule has 5 rings (SSSR count). The van der Waals surface area contributed by atoms with Crippen LogP contribution in [0.1, 0.15) is 44.1 Å². The normalized spacial score (nSPS) is 32.7. The van der Waals surface area contributed by atoms with Gasteiger partial charge in [0.25, 0.3) is 0 Å². The summed E-state index contributed by atoms with van der Waals surface area (Å²) in [4.78, 5) is 31.1. The van der Waals surface area contributed by atoms with Gasteiger partial charge in [0.05, 0.1) is 12.5 Å². The molecule has 2 amide bonds. The summed E-state index contributed by atoms with van der Waals surface area (Å²) in [5.74, 6) is -0.381. The van der Waals surface area contributed by atoms with E-state index in [0.717, 1.165) is 56.3 Å². The fourth-order valence-corrected chi connectivity index (χ4v) is 6.25. The topological polar surface area (TPSA) is 72.9 Å². The SMILES string of the molecule is CN(CC1(CO)CCC1)C(=O)[C@@H]1C[C@H]2CCCN2[C@]12C(=O)Nc1ccccc12. The molecule has 0 aromatic heterocycles. The number of anilines is 1. The van der Waals surface area contributed by atoms with Gasteiger partial charge in [0.2, 0.25) is 11.8 Å². The first kappa shape index (κ1) is 18.1. The third-order valence-electron chi connectivity index (χ3n) is 7.77. The quantitative estimate of drug-likeness (QED) is 0.833. The van der Waals surface area contributed by atoms with E-state index in [1.807, 2.05) is 31.3 Å². The zero-order chi connectivity index (χ0) is 19.5. The van der Waals surface area contributed by atoms with Crippen LogP contribution >= 0.6 is 0 Å². The van der Waals surface area contributed by atoms with Crippen molar-refractivity contribution in [3.05, 3.63) is 29.8 Å². The fourth-order valence-electron chi connectivity index (χ4n) is 6.25. The van der Waals surface area contributed by atoms with Gasteiger partial charge in [-0.1, -0.05) is 24.6 Å². The van der Waals surface area contributed by atoms with Crippen LogP contribution in [-0.4, -0.2) is 59.5 Å². The number of carbonyl (C=O) groups is 2. The molecule has 1 aromatic rings. The molecule has 3 heterocycles. The average Bonchev–Trinajstić information content (AvgIpc) is 3.32. The van der Waals surface area contributed by atoms with Crippen LogP contribution in [0, 0.1) is 11.3 Å². The lowest BCUT2D eigenvalue weighted by molar-refractivity contribution is -0.145.